The molecule has 0 aliphatic carbocycles. The molecular formula is C17H19N7O3S. The Morgan fingerprint density at radius 2 is 1.71 bits per heavy atom. The highest BCUT2D eigenvalue weighted by atomic mass is 32.2. The van der Waals surface area contributed by atoms with Crippen molar-refractivity contribution in [1.82, 2.24) is 28.9 Å². The van der Waals surface area contributed by atoms with Gasteiger partial charge in [0.15, 0.2) is 16.8 Å². The normalized spacial score (nSPS) is 12.1. The summed E-state index contributed by atoms with van der Waals surface area (Å²) in [6.07, 6.45) is 3.31. The smallest absolute Gasteiger partial charge is 0.332 e. The lowest BCUT2D eigenvalue weighted by Crippen LogP contribution is -2.42. The van der Waals surface area contributed by atoms with E-state index >= 15 is 0 Å². The van der Waals surface area contributed by atoms with E-state index in [9.17, 15) is 14.4 Å². The summed E-state index contributed by atoms with van der Waals surface area (Å²) < 4.78 is 3.70. The minimum absolute atomic E-state index is 0.152. The maximum absolute atomic E-state index is 12.9. The molecule has 11 heteroatoms. The number of thioether (sulfide) groups is 1. The Morgan fingerprint density at radius 1 is 1.07 bits per heavy atom. The molecule has 0 aliphatic rings. The third-order valence-electron chi connectivity index (χ3n) is 4.38. The van der Waals surface area contributed by atoms with Gasteiger partial charge in [0.1, 0.15) is 11.4 Å². The number of nitrogen functional groups attached to an aromatic ring is 1. The highest BCUT2D eigenvalue weighted by Gasteiger charge is 2.27. The number of hydrogen-bond donors (Lipinski definition) is 1. The van der Waals surface area contributed by atoms with Crippen LogP contribution in [0.4, 0.5) is 5.82 Å². The molecule has 28 heavy (non-hydrogen) atoms. The van der Waals surface area contributed by atoms with Crippen molar-refractivity contribution in [2.75, 3.05) is 5.73 Å². The van der Waals surface area contributed by atoms with Crippen LogP contribution in [-0.4, -0.2) is 39.9 Å². The van der Waals surface area contributed by atoms with E-state index in [1.165, 1.54) is 14.1 Å². The van der Waals surface area contributed by atoms with Crippen LogP contribution in [0.2, 0.25) is 0 Å². The molecule has 3 aromatic rings. The lowest BCUT2D eigenvalue weighted by Gasteiger charge is -2.14. The number of aromatic nitrogens is 6. The molecule has 0 amide bonds. The highest BCUT2D eigenvalue weighted by molar-refractivity contribution is 8.00. The predicted octanol–water partition coefficient (Wildman–Crippen LogP) is 0.220. The molecule has 0 radical (unpaired) electrons. The summed E-state index contributed by atoms with van der Waals surface area (Å²) in [6, 6.07) is 3.61. The van der Waals surface area contributed by atoms with Crippen molar-refractivity contribution < 1.29 is 4.79 Å². The number of Topliss-reactive ketones (excluding diaryl/α,β-unsaturated/α-hetero) is 1. The van der Waals surface area contributed by atoms with Crippen LogP contribution in [0.1, 0.15) is 17.3 Å². The molecule has 0 bridgehead atoms. The fourth-order valence-corrected chi connectivity index (χ4v) is 3.55. The van der Waals surface area contributed by atoms with Crippen LogP contribution in [0.25, 0.3) is 11.4 Å². The summed E-state index contributed by atoms with van der Waals surface area (Å²) in [5.41, 5.74) is 5.21. The van der Waals surface area contributed by atoms with Gasteiger partial charge >= 0.3 is 5.69 Å². The molecule has 146 valence electrons. The zero-order valence-electron chi connectivity index (χ0n) is 15.8. The van der Waals surface area contributed by atoms with Crippen molar-refractivity contribution in [2.24, 2.45) is 21.1 Å². The standard InChI is InChI=1S/C17H19N7O3S/c1-9(12(25)11-13(18)22(2)17(27)24(4)15(11)26)28-16-21-20-14(23(16)3)10-5-7-19-8-6-10/h5-9H,18H2,1-4H3. The van der Waals surface area contributed by atoms with Crippen LogP contribution < -0.4 is 17.0 Å². The summed E-state index contributed by atoms with van der Waals surface area (Å²) in [6.45, 7) is 1.65. The Bertz CT molecular complexity index is 1160. The maximum atomic E-state index is 12.9. The van der Waals surface area contributed by atoms with Gasteiger partial charge in [-0.3, -0.25) is 23.7 Å². The largest absolute Gasteiger partial charge is 0.384 e. The second-order valence-electron chi connectivity index (χ2n) is 6.19. The number of hydrogen-bond acceptors (Lipinski definition) is 8. The Labute approximate surface area is 164 Å². The number of carbonyl (C=O) groups excluding carboxylic acids is 1. The second kappa shape index (κ2) is 7.43. The minimum atomic E-state index is -0.714. The third kappa shape index (κ3) is 3.24. The number of nitrogens with zero attached hydrogens (tertiary/aromatic N) is 6. The zero-order valence-corrected chi connectivity index (χ0v) is 16.6. The molecule has 3 aromatic heterocycles. The Balaban J connectivity index is 1.92. The van der Waals surface area contributed by atoms with Gasteiger partial charge in [0.05, 0.1) is 5.25 Å². The van der Waals surface area contributed by atoms with E-state index < -0.39 is 22.3 Å². The van der Waals surface area contributed by atoms with Gasteiger partial charge in [-0.15, -0.1) is 10.2 Å². The molecule has 10 nitrogen and oxygen atoms in total. The number of rotatable bonds is 5. The van der Waals surface area contributed by atoms with Gasteiger partial charge in [-0.25, -0.2) is 4.79 Å². The lowest BCUT2D eigenvalue weighted by molar-refractivity contribution is 0.0992. The monoisotopic (exact) mass is 401 g/mol. The van der Waals surface area contributed by atoms with E-state index in [2.05, 4.69) is 15.2 Å². The molecule has 0 aromatic carbocycles. The van der Waals surface area contributed by atoms with Crippen LogP contribution in [0, 0.1) is 0 Å². The first kappa shape index (κ1) is 19.5. The van der Waals surface area contributed by atoms with Gasteiger partial charge in [-0.1, -0.05) is 11.8 Å². The van der Waals surface area contributed by atoms with E-state index in [-0.39, 0.29) is 11.4 Å². The first-order chi connectivity index (χ1) is 13.2. The SMILES string of the molecule is CC(Sc1nnc(-c2ccncc2)n1C)C(=O)c1c(N)n(C)c(=O)n(C)c1=O. The molecule has 1 unspecified atom stereocenters. The molecule has 0 aliphatic heterocycles. The minimum Gasteiger partial charge on any atom is -0.384 e. The molecule has 0 spiro atoms. The van der Waals surface area contributed by atoms with Gasteiger partial charge in [-0.2, -0.15) is 0 Å². The third-order valence-corrected chi connectivity index (χ3v) is 5.52. The van der Waals surface area contributed by atoms with Crippen molar-refractivity contribution in [2.45, 2.75) is 17.3 Å². The lowest BCUT2D eigenvalue weighted by atomic mass is 10.1. The van der Waals surface area contributed by atoms with Gasteiger partial charge in [0.25, 0.3) is 5.56 Å². The number of ketones is 1. The Hall–Kier alpha value is -3.21. The predicted molar refractivity (Wildman–Crippen MR) is 105 cm³/mol. The second-order valence-corrected chi connectivity index (χ2v) is 7.50. The molecular weight excluding hydrogens is 382 g/mol. The van der Waals surface area contributed by atoms with Crippen molar-refractivity contribution >= 4 is 23.4 Å². The average Bonchev–Trinajstić information content (AvgIpc) is 3.05. The summed E-state index contributed by atoms with van der Waals surface area (Å²) in [7, 11) is 4.51. The van der Waals surface area contributed by atoms with Crippen molar-refractivity contribution in [3.8, 4) is 11.4 Å². The molecule has 0 saturated heterocycles. The first-order valence-corrected chi connectivity index (χ1v) is 9.18. The van der Waals surface area contributed by atoms with Crippen LogP contribution in [-0.2, 0) is 21.1 Å². The maximum Gasteiger partial charge on any atom is 0.332 e. The van der Waals surface area contributed by atoms with Crippen molar-refractivity contribution in [3.05, 3.63) is 50.9 Å². The molecule has 3 heterocycles. The van der Waals surface area contributed by atoms with Crippen LogP contribution >= 0.6 is 11.8 Å². The number of pyridine rings is 1. The fourth-order valence-electron chi connectivity index (χ4n) is 2.68. The molecule has 0 saturated carbocycles. The molecule has 1 atom stereocenters. The molecule has 0 fully saturated rings. The van der Waals surface area contributed by atoms with Crippen LogP contribution in [0.5, 0.6) is 0 Å². The first-order valence-electron chi connectivity index (χ1n) is 8.30. The number of anilines is 1. The fraction of sp³-hybridized carbons (Fsp3) is 0.294. The number of carbonyl (C=O) groups is 1. The summed E-state index contributed by atoms with van der Waals surface area (Å²) in [5.74, 6) is -0.00441. The van der Waals surface area contributed by atoms with Crippen molar-refractivity contribution in [1.29, 1.82) is 0 Å². The molecule has 3 rings (SSSR count). The Morgan fingerprint density at radius 3 is 2.36 bits per heavy atom. The van der Waals surface area contributed by atoms with E-state index in [4.69, 9.17) is 5.73 Å². The van der Waals surface area contributed by atoms with Gasteiger partial charge in [0, 0.05) is 39.1 Å². The number of nitrogens with two attached hydrogens (primary N) is 1. The topological polar surface area (TPSA) is 131 Å². The quantitative estimate of drug-likeness (QED) is 0.474. The van der Waals surface area contributed by atoms with Crippen molar-refractivity contribution in [3.63, 3.8) is 0 Å². The van der Waals surface area contributed by atoms with E-state index in [0.29, 0.717) is 11.0 Å². The zero-order chi connectivity index (χ0) is 20.6. The Kier molecular flexibility index (Phi) is 5.18. The van der Waals surface area contributed by atoms with E-state index in [1.54, 1.807) is 30.9 Å². The van der Waals surface area contributed by atoms with E-state index in [0.717, 1.165) is 26.5 Å². The average molecular weight is 401 g/mol. The summed E-state index contributed by atoms with van der Waals surface area (Å²) >= 11 is 1.16. The van der Waals surface area contributed by atoms with Crippen LogP contribution in [0.15, 0.2) is 39.3 Å². The van der Waals surface area contributed by atoms with Gasteiger partial charge in [0.2, 0.25) is 0 Å². The summed E-state index contributed by atoms with van der Waals surface area (Å²) in [5, 5.41) is 8.14. The summed E-state index contributed by atoms with van der Waals surface area (Å²) in [4.78, 5) is 41.2. The van der Waals surface area contributed by atoms with Crippen LogP contribution in [0.3, 0.4) is 0 Å². The van der Waals surface area contributed by atoms with E-state index in [1.807, 2.05) is 12.1 Å². The van der Waals surface area contributed by atoms with Gasteiger partial charge in [-0.05, 0) is 19.1 Å². The molecule has 2 N–H and O–H groups in total. The highest BCUT2D eigenvalue weighted by Crippen LogP contribution is 2.27. The van der Waals surface area contributed by atoms with Gasteiger partial charge < -0.3 is 10.3 Å².